The molecule has 0 N–H and O–H groups in total. The van der Waals surface area contributed by atoms with Crippen LogP contribution in [-0.4, -0.2) is 36.9 Å². The van der Waals surface area contributed by atoms with Crippen LogP contribution in [0.1, 0.15) is 12.8 Å². The van der Waals surface area contributed by atoms with Crippen LogP contribution in [0.3, 0.4) is 0 Å². The Bertz CT molecular complexity index is 104. The van der Waals surface area contributed by atoms with E-state index in [1.165, 1.54) is 0 Å². The molecule has 0 fully saturated rings. The van der Waals surface area contributed by atoms with Gasteiger partial charge in [0.15, 0.2) is 0 Å². The normalized spacial score (nSPS) is 9.50. The van der Waals surface area contributed by atoms with E-state index in [9.17, 15) is 4.79 Å². The van der Waals surface area contributed by atoms with E-state index in [0.29, 0.717) is 6.42 Å². The summed E-state index contributed by atoms with van der Waals surface area (Å²) >= 11 is 1.78. The molecule has 0 radical (unpaired) electrons. The second kappa shape index (κ2) is 5.59. The van der Waals surface area contributed by atoms with E-state index in [2.05, 4.69) is 6.26 Å². The number of carbonyl (C=O) groups excluding carboxylic acids is 1. The van der Waals surface area contributed by atoms with Gasteiger partial charge in [-0.1, -0.05) is 0 Å². The Labute approximate surface area is 67.0 Å². The van der Waals surface area contributed by atoms with E-state index < -0.39 is 0 Å². The molecular formula is C7H15NOS. The monoisotopic (exact) mass is 161 g/mol. The van der Waals surface area contributed by atoms with Crippen molar-refractivity contribution < 1.29 is 4.79 Å². The second-order valence-electron chi connectivity index (χ2n) is 2.38. The highest BCUT2D eigenvalue weighted by molar-refractivity contribution is 7.98. The third-order valence-corrected chi connectivity index (χ3v) is 1.93. The van der Waals surface area contributed by atoms with Crippen LogP contribution in [0.15, 0.2) is 0 Å². The minimum Gasteiger partial charge on any atom is -0.349 e. The van der Waals surface area contributed by atoms with Crippen LogP contribution in [0.2, 0.25) is 0 Å². The topological polar surface area (TPSA) is 20.3 Å². The maximum absolute atomic E-state index is 10.9. The first-order valence-electron chi connectivity index (χ1n) is 3.37. The van der Waals surface area contributed by atoms with Crippen molar-refractivity contribution in [2.75, 3.05) is 26.1 Å². The van der Waals surface area contributed by atoms with Crippen LogP contribution < -0.4 is 0 Å². The zero-order valence-corrected chi connectivity index (χ0v) is 7.70. The first-order valence-corrected chi connectivity index (χ1v) is 4.77. The molecule has 0 aliphatic rings. The largest absolute Gasteiger partial charge is 0.349 e. The van der Waals surface area contributed by atoms with Crippen molar-refractivity contribution in [2.24, 2.45) is 0 Å². The van der Waals surface area contributed by atoms with Crippen molar-refractivity contribution in [1.82, 2.24) is 4.90 Å². The van der Waals surface area contributed by atoms with Crippen molar-refractivity contribution in [2.45, 2.75) is 12.8 Å². The Morgan fingerprint density at radius 1 is 1.50 bits per heavy atom. The molecule has 0 aliphatic heterocycles. The number of hydrogen-bond donors (Lipinski definition) is 0. The molecule has 0 aromatic heterocycles. The molecule has 0 saturated carbocycles. The molecule has 0 aliphatic carbocycles. The lowest BCUT2D eigenvalue weighted by Crippen LogP contribution is -2.21. The SMILES string of the molecule is CSCCCC(=O)N(C)C. The molecule has 0 saturated heterocycles. The Hall–Kier alpha value is -0.180. The quantitative estimate of drug-likeness (QED) is 0.578. The number of hydrogen-bond acceptors (Lipinski definition) is 2. The number of carbonyl (C=O) groups is 1. The lowest BCUT2D eigenvalue weighted by Gasteiger charge is -2.08. The smallest absolute Gasteiger partial charge is 0.222 e. The fourth-order valence-corrected chi connectivity index (χ4v) is 1.02. The molecule has 0 spiro atoms. The van der Waals surface area contributed by atoms with Gasteiger partial charge in [0.05, 0.1) is 0 Å². The fourth-order valence-electron chi connectivity index (χ4n) is 0.591. The van der Waals surface area contributed by atoms with Crippen LogP contribution in [0.4, 0.5) is 0 Å². The molecule has 0 bridgehead atoms. The highest BCUT2D eigenvalue weighted by atomic mass is 32.2. The maximum Gasteiger partial charge on any atom is 0.222 e. The van der Waals surface area contributed by atoms with Crippen molar-refractivity contribution in [3.63, 3.8) is 0 Å². The van der Waals surface area contributed by atoms with Gasteiger partial charge < -0.3 is 4.90 Å². The molecule has 60 valence electrons. The van der Waals surface area contributed by atoms with E-state index in [1.54, 1.807) is 30.8 Å². The first-order chi connectivity index (χ1) is 4.68. The molecule has 1 amide bonds. The Balaban J connectivity index is 3.22. The highest BCUT2D eigenvalue weighted by Gasteiger charge is 2.01. The second-order valence-corrected chi connectivity index (χ2v) is 3.37. The van der Waals surface area contributed by atoms with E-state index >= 15 is 0 Å². The van der Waals surface area contributed by atoms with Crippen LogP contribution in [0.25, 0.3) is 0 Å². The Morgan fingerprint density at radius 3 is 2.50 bits per heavy atom. The summed E-state index contributed by atoms with van der Waals surface area (Å²) in [6.07, 6.45) is 3.74. The molecule has 10 heavy (non-hydrogen) atoms. The standard InChI is InChI=1S/C7H15NOS/c1-8(2)7(9)5-4-6-10-3/h4-6H2,1-3H3. The molecule has 2 nitrogen and oxygen atoms in total. The maximum atomic E-state index is 10.9. The fraction of sp³-hybridized carbons (Fsp3) is 0.857. The third-order valence-electron chi connectivity index (χ3n) is 1.24. The van der Waals surface area contributed by atoms with Crippen molar-refractivity contribution >= 4 is 17.7 Å². The highest BCUT2D eigenvalue weighted by Crippen LogP contribution is 2.00. The van der Waals surface area contributed by atoms with Gasteiger partial charge in [0.1, 0.15) is 0 Å². The minimum atomic E-state index is 0.231. The van der Waals surface area contributed by atoms with E-state index in [4.69, 9.17) is 0 Å². The average molecular weight is 161 g/mol. The predicted octanol–water partition coefficient (Wildman–Crippen LogP) is 1.22. The minimum absolute atomic E-state index is 0.231. The van der Waals surface area contributed by atoms with Gasteiger partial charge in [-0.25, -0.2) is 0 Å². The van der Waals surface area contributed by atoms with Crippen molar-refractivity contribution in [3.8, 4) is 0 Å². The molecule has 0 unspecified atom stereocenters. The molecule has 0 heterocycles. The Morgan fingerprint density at radius 2 is 2.10 bits per heavy atom. The summed E-state index contributed by atoms with van der Waals surface area (Å²) in [6, 6.07) is 0. The summed E-state index contributed by atoms with van der Waals surface area (Å²) in [5, 5.41) is 0. The number of amides is 1. The summed E-state index contributed by atoms with van der Waals surface area (Å²) in [4.78, 5) is 12.6. The van der Waals surface area contributed by atoms with Gasteiger partial charge >= 0.3 is 0 Å². The van der Waals surface area contributed by atoms with Gasteiger partial charge in [-0.05, 0) is 18.4 Å². The lowest BCUT2D eigenvalue weighted by atomic mass is 10.3. The van der Waals surface area contributed by atoms with Gasteiger partial charge in [0.2, 0.25) is 5.91 Å². The molecule has 0 rings (SSSR count). The summed E-state index contributed by atoms with van der Waals surface area (Å²) in [5.74, 6) is 1.31. The van der Waals surface area contributed by atoms with E-state index in [0.717, 1.165) is 12.2 Å². The zero-order valence-electron chi connectivity index (χ0n) is 6.89. The van der Waals surface area contributed by atoms with Crippen LogP contribution in [0, 0.1) is 0 Å². The molecule has 3 heteroatoms. The number of nitrogens with zero attached hydrogens (tertiary/aromatic N) is 1. The van der Waals surface area contributed by atoms with E-state index in [-0.39, 0.29) is 5.91 Å². The van der Waals surface area contributed by atoms with Crippen LogP contribution in [-0.2, 0) is 4.79 Å². The van der Waals surface area contributed by atoms with Crippen molar-refractivity contribution in [3.05, 3.63) is 0 Å². The first kappa shape index (κ1) is 9.82. The number of rotatable bonds is 4. The predicted molar refractivity (Wildman–Crippen MR) is 46.3 cm³/mol. The number of thioether (sulfide) groups is 1. The van der Waals surface area contributed by atoms with Gasteiger partial charge in [-0.15, -0.1) is 0 Å². The summed E-state index contributed by atoms with van der Waals surface area (Å²) in [6.45, 7) is 0. The molecular weight excluding hydrogens is 146 g/mol. The molecule has 0 atom stereocenters. The Kier molecular flexibility index (Phi) is 5.49. The van der Waals surface area contributed by atoms with Gasteiger partial charge in [-0.2, -0.15) is 11.8 Å². The summed E-state index contributed by atoms with van der Waals surface area (Å²) in [7, 11) is 3.59. The van der Waals surface area contributed by atoms with Gasteiger partial charge in [0.25, 0.3) is 0 Å². The lowest BCUT2D eigenvalue weighted by molar-refractivity contribution is -0.128. The zero-order chi connectivity index (χ0) is 7.98. The van der Waals surface area contributed by atoms with Gasteiger partial charge in [-0.3, -0.25) is 4.79 Å². The average Bonchev–Trinajstić information content (AvgIpc) is 1.88. The van der Waals surface area contributed by atoms with E-state index in [1.807, 2.05) is 0 Å². The molecule has 0 aromatic carbocycles. The van der Waals surface area contributed by atoms with Crippen LogP contribution in [0.5, 0.6) is 0 Å². The van der Waals surface area contributed by atoms with Crippen molar-refractivity contribution in [1.29, 1.82) is 0 Å². The van der Waals surface area contributed by atoms with Gasteiger partial charge in [0, 0.05) is 20.5 Å². The third kappa shape index (κ3) is 4.68. The molecule has 0 aromatic rings. The summed E-state index contributed by atoms with van der Waals surface area (Å²) < 4.78 is 0. The van der Waals surface area contributed by atoms with Crippen LogP contribution >= 0.6 is 11.8 Å². The summed E-state index contributed by atoms with van der Waals surface area (Å²) in [5.41, 5.74) is 0.